The number of carbonyl (C=O) groups is 1. The number of amides is 1. The van der Waals surface area contributed by atoms with Crippen molar-refractivity contribution in [2.75, 3.05) is 18.8 Å². The molecule has 1 atom stereocenters. The molecule has 5 heteroatoms. The lowest BCUT2D eigenvalue weighted by molar-refractivity contribution is -0.122. The van der Waals surface area contributed by atoms with Crippen LogP contribution < -0.4 is 10.6 Å². The van der Waals surface area contributed by atoms with Gasteiger partial charge in [-0.25, -0.2) is 0 Å². The minimum Gasteiger partial charge on any atom is -0.361 e. The zero-order valence-electron chi connectivity index (χ0n) is 12.0. The largest absolute Gasteiger partial charge is 0.361 e. The van der Waals surface area contributed by atoms with Gasteiger partial charge in [0, 0.05) is 24.3 Å². The first-order chi connectivity index (χ1) is 10.3. The second-order valence-corrected chi connectivity index (χ2v) is 6.60. The second kappa shape index (κ2) is 6.98. The molecule has 1 heterocycles. The summed E-state index contributed by atoms with van der Waals surface area (Å²) in [7, 11) is 0. The first kappa shape index (κ1) is 14.4. The van der Waals surface area contributed by atoms with Gasteiger partial charge in [0.1, 0.15) is 0 Å². The van der Waals surface area contributed by atoms with Crippen molar-refractivity contribution >= 4 is 22.8 Å². The zero-order chi connectivity index (χ0) is 14.5. The number of nitrogens with zero attached hydrogens (tertiary/aromatic N) is 1. The van der Waals surface area contributed by atoms with Gasteiger partial charge in [-0.3, -0.25) is 9.79 Å². The maximum absolute atomic E-state index is 11.5. The molecule has 1 aliphatic heterocycles. The maximum atomic E-state index is 11.5. The molecule has 1 amide bonds. The Bertz CT molecular complexity index is 514. The number of hydrogen-bond acceptors (Lipinski definition) is 3. The number of nitrogens with one attached hydrogen (secondary N) is 2. The van der Waals surface area contributed by atoms with Crippen molar-refractivity contribution < 1.29 is 4.79 Å². The molecular weight excluding hydrogens is 282 g/mol. The number of rotatable bonds is 6. The molecule has 4 nitrogen and oxygen atoms in total. The molecule has 1 aliphatic carbocycles. The second-order valence-electron chi connectivity index (χ2n) is 5.59. The van der Waals surface area contributed by atoms with Crippen molar-refractivity contribution in [1.82, 2.24) is 10.6 Å². The van der Waals surface area contributed by atoms with Gasteiger partial charge < -0.3 is 10.6 Å². The molecule has 112 valence electrons. The standard InChI is InChI=1S/C16H21N3OS/c20-15(13-6-7-13)17-8-9-18-16-19-14(11-21-16)10-12-4-2-1-3-5-12/h1-5,13-14H,6-11H2,(H,17,20)(H,18,19). The highest BCUT2D eigenvalue weighted by molar-refractivity contribution is 8.14. The Balaban J connectivity index is 1.37. The summed E-state index contributed by atoms with van der Waals surface area (Å²) < 4.78 is 0. The van der Waals surface area contributed by atoms with Crippen LogP contribution >= 0.6 is 11.8 Å². The summed E-state index contributed by atoms with van der Waals surface area (Å²) >= 11 is 1.77. The Morgan fingerprint density at radius 3 is 2.90 bits per heavy atom. The topological polar surface area (TPSA) is 53.5 Å². The number of benzene rings is 1. The number of thioether (sulfide) groups is 1. The van der Waals surface area contributed by atoms with Gasteiger partial charge in [0.15, 0.2) is 5.17 Å². The zero-order valence-corrected chi connectivity index (χ0v) is 12.9. The highest BCUT2D eigenvalue weighted by Gasteiger charge is 2.29. The normalized spacial score (nSPS) is 23.0. The Morgan fingerprint density at radius 2 is 2.14 bits per heavy atom. The lowest BCUT2D eigenvalue weighted by atomic mass is 10.1. The van der Waals surface area contributed by atoms with E-state index in [0.717, 1.165) is 30.2 Å². The summed E-state index contributed by atoms with van der Waals surface area (Å²) in [4.78, 5) is 16.0. The van der Waals surface area contributed by atoms with Crippen LogP contribution in [0.25, 0.3) is 0 Å². The summed E-state index contributed by atoms with van der Waals surface area (Å²) in [6, 6.07) is 11.0. The number of amidine groups is 1. The van der Waals surface area contributed by atoms with E-state index in [4.69, 9.17) is 0 Å². The Kier molecular flexibility index (Phi) is 4.80. The van der Waals surface area contributed by atoms with Crippen molar-refractivity contribution in [3.63, 3.8) is 0 Å². The molecule has 1 aromatic carbocycles. The average molecular weight is 303 g/mol. The molecule has 0 spiro atoms. The number of hydrogen-bond donors (Lipinski definition) is 2. The van der Waals surface area contributed by atoms with E-state index < -0.39 is 0 Å². The van der Waals surface area contributed by atoms with Gasteiger partial charge in [0.05, 0.1) is 6.54 Å². The summed E-state index contributed by atoms with van der Waals surface area (Å²) in [5.41, 5.74) is 1.36. The molecule has 1 unspecified atom stereocenters. The van der Waals surface area contributed by atoms with E-state index in [0.29, 0.717) is 19.1 Å². The van der Waals surface area contributed by atoms with E-state index in [-0.39, 0.29) is 11.8 Å². The molecule has 0 aromatic heterocycles. The molecule has 2 N–H and O–H groups in total. The number of aliphatic imine (C=N–C) groups is 1. The molecule has 2 aliphatic rings. The molecule has 2 fully saturated rings. The third-order valence-corrected chi connectivity index (χ3v) is 4.78. The highest BCUT2D eigenvalue weighted by atomic mass is 32.2. The molecule has 0 bridgehead atoms. The predicted octanol–water partition coefficient (Wildman–Crippen LogP) is 1.82. The fourth-order valence-electron chi connectivity index (χ4n) is 2.36. The Hall–Kier alpha value is -1.49. The van der Waals surface area contributed by atoms with Gasteiger partial charge in [-0.15, -0.1) is 0 Å². The predicted molar refractivity (Wildman–Crippen MR) is 87.6 cm³/mol. The molecule has 21 heavy (non-hydrogen) atoms. The van der Waals surface area contributed by atoms with Gasteiger partial charge in [-0.2, -0.15) is 0 Å². The van der Waals surface area contributed by atoms with Gasteiger partial charge in [-0.05, 0) is 24.8 Å². The summed E-state index contributed by atoms with van der Waals surface area (Å²) in [6.07, 6.45) is 3.14. The van der Waals surface area contributed by atoms with Crippen LogP contribution in [0.5, 0.6) is 0 Å². The fraction of sp³-hybridized carbons (Fsp3) is 0.500. The van der Waals surface area contributed by atoms with Crippen molar-refractivity contribution in [2.45, 2.75) is 25.3 Å². The summed E-state index contributed by atoms with van der Waals surface area (Å²) in [6.45, 7) is 1.30. The number of carbonyl (C=O) groups excluding carboxylic acids is 1. The van der Waals surface area contributed by atoms with E-state index in [9.17, 15) is 4.79 Å². The molecule has 3 rings (SSSR count). The van der Waals surface area contributed by atoms with Gasteiger partial charge in [0.25, 0.3) is 0 Å². The van der Waals surface area contributed by atoms with E-state index >= 15 is 0 Å². The third-order valence-electron chi connectivity index (χ3n) is 3.69. The lowest BCUT2D eigenvalue weighted by Gasteiger charge is -2.09. The van der Waals surface area contributed by atoms with E-state index in [1.807, 2.05) is 6.07 Å². The quantitative estimate of drug-likeness (QED) is 0.788. The molecule has 0 radical (unpaired) electrons. The van der Waals surface area contributed by atoms with Crippen LogP contribution in [0.4, 0.5) is 0 Å². The van der Waals surface area contributed by atoms with Gasteiger partial charge >= 0.3 is 0 Å². The van der Waals surface area contributed by atoms with Crippen LogP contribution in [0.15, 0.2) is 35.3 Å². The molecule has 1 saturated carbocycles. The van der Waals surface area contributed by atoms with Crippen LogP contribution in [0.1, 0.15) is 18.4 Å². The average Bonchev–Trinajstić information content (AvgIpc) is 3.27. The maximum Gasteiger partial charge on any atom is 0.223 e. The smallest absolute Gasteiger partial charge is 0.223 e. The van der Waals surface area contributed by atoms with Crippen LogP contribution in [-0.2, 0) is 11.2 Å². The SMILES string of the molecule is O=C(NCCN=C1NC(Cc2ccccc2)CS1)C1CC1. The first-order valence-electron chi connectivity index (χ1n) is 7.56. The van der Waals surface area contributed by atoms with Crippen molar-refractivity contribution in [1.29, 1.82) is 0 Å². The summed E-state index contributed by atoms with van der Waals surface area (Å²) in [5, 5.41) is 7.41. The minimum atomic E-state index is 0.198. The van der Waals surface area contributed by atoms with E-state index in [1.165, 1.54) is 5.56 Å². The van der Waals surface area contributed by atoms with Crippen molar-refractivity contribution in [3.8, 4) is 0 Å². The summed E-state index contributed by atoms with van der Waals surface area (Å²) in [5.74, 6) is 1.54. The van der Waals surface area contributed by atoms with Crippen molar-refractivity contribution in [3.05, 3.63) is 35.9 Å². The third kappa shape index (κ3) is 4.49. The Labute approximate surface area is 129 Å². The van der Waals surface area contributed by atoms with Crippen LogP contribution in [0.2, 0.25) is 0 Å². The van der Waals surface area contributed by atoms with Gasteiger partial charge in [-0.1, -0.05) is 42.1 Å². The van der Waals surface area contributed by atoms with E-state index in [1.54, 1.807) is 11.8 Å². The van der Waals surface area contributed by atoms with Crippen LogP contribution in [-0.4, -0.2) is 36.0 Å². The highest BCUT2D eigenvalue weighted by Crippen LogP contribution is 2.28. The Morgan fingerprint density at radius 1 is 1.33 bits per heavy atom. The van der Waals surface area contributed by atoms with Crippen LogP contribution in [0, 0.1) is 5.92 Å². The molecule has 1 aromatic rings. The van der Waals surface area contributed by atoms with Crippen LogP contribution in [0.3, 0.4) is 0 Å². The fourth-order valence-corrected chi connectivity index (χ4v) is 3.36. The first-order valence-corrected chi connectivity index (χ1v) is 8.55. The lowest BCUT2D eigenvalue weighted by Crippen LogP contribution is -2.30. The molecule has 1 saturated heterocycles. The monoisotopic (exact) mass is 303 g/mol. The molecular formula is C16H21N3OS. The van der Waals surface area contributed by atoms with E-state index in [2.05, 4.69) is 39.9 Å². The van der Waals surface area contributed by atoms with Crippen molar-refractivity contribution in [2.24, 2.45) is 10.9 Å². The minimum absolute atomic E-state index is 0.198. The van der Waals surface area contributed by atoms with Gasteiger partial charge in [0.2, 0.25) is 5.91 Å².